The Morgan fingerprint density at radius 1 is 0.957 bits per heavy atom. The molecule has 47 heavy (non-hydrogen) atoms. The highest BCUT2D eigenvalue weighted by Crippen LogP contribution is 2.22. The number of carbonyl (C=O) groups excluding carboxylic acids is 3. The Bertz CT molecular complexity index is 1470. The number of nitrogens with zero attached hydrogens (tertiary/aromatic N) is 2. The number of hydrogen-bond donors (Lipinski definition) is 5. The second-order valence-electron chi connectivity index (χ2n) is 12.4. The number of fused-ring (bicyclic) bond motifs is 1. The number of carboxylic acids is 1. The number of nitrogens with two attached hydrogens (primary N) is 1. The summed E-state index contributed by atoms with van der Waals surface area (Å²) in [6.07, 6.45) is 5.29. The molecule has 1 heterocycles. The van der Waals surface area contributed by atoms with E-state index in [1.807, 2.05) is 52.0 Å². The molecule has 0 aliphatic carbocycles. The van der Waals surface area contributed by atoms with Crippen molar-refractivity contribution in [1.29, 1.82) is 0 Å². The molecule has 256 valence electrons. The van der Waals surface area contributed by atoms with Gasteiger partial charge >= 0.3 is 12.0 Å². The van der Waals surface area contributed by atoms with Crippen LogP contribution in [0.5, 0.6) is 0 Å². The number of para-hydroxylation sites is 1. The van der Waals surface area contributed by atoms with Crippen molar-refractivity contribution in [1.82, 2.24) is 25.6 Å². The SMILES string of the molecule is CCCCN(CCCC)NC(=O)N(C(=O)[C@H](Cc1c[nH]c2ccccc12)NC(=O)[C@@H](N)CC(C)C)[C@@H](Cc1ccc(Cl)cc1)C(=O)O. The number of aliphatic carboxylic acids is 1. The van der Waals surface area contributed by atoms with Gasteiger partial charge in [0.2, 0.25) is 5.91 Å². The molecule has 3 rings (SSSR count). The van der Waals surface area contributed by atoms with E-state index in [2.05, 4.69) is 15.7 Å². The average Bonchev–Trinajstić information content (AvgIpc) is 3.44. The number of rotatable bonds is 18. The lowest BCUT2D eigenvalue weighted by atomic mass is 9.99. The number of benzene rings is 2. The Morgan fingerprint density at radius 2 is 1.60 bits per heavy atom. The smallest absolute Gasteiger partial charge is 0.339 e. The number of imide groups is 1. The highest BCUT2D eigenvalue weighted by molar-refractivity contribution is 6.30. The van der Waals surface area contributed by atoms with Gasteiger partial charge in [-0.15, -0.1) is 0 Å². The summed E-state index contributed by atoms with van der Waals surface area (Å²) in [6.45, 7) is 8.99. The van der Waals surface area contributed by atoms with Crippen molar-refractivity contribution >= 4 is 46.3 Å². The molecule has 11 nitrogen and oxygen atoms in total. The van der Waals surface area contributed by atoms with Crippen molar-refractivity contribution in [3.63, 3.8) is 0 Å². The summed E-state index contributed by atoms with van der Waals surface area (Å²) in [5.41, 5.74) is 11.1. The molecular weight excluding hydrogens is 620 g/mol. The summed E-state index contributed by atoms with van der Waals surface area (Å²) < 4.78 is 0. The number of unbranched alkanes of at least 4 members (excludes halogenated alkanes) is 2. The number of hydrogen-bond acceptors (Lipinski definition) is 6. The fourth-order valence-electron chi connectivity index (χ4n) is 5.42. The van der Waals surface area contributed by atoms with Gasteiger partial charge in [-0.1, -0.05) is 82.5 Å². The van der Waals surface area contributed by atoms with Gasteiger partial charge in [0.05, 0.1) is 6.04 Å². The zero-order chi connectivity index (χ0) is 34.5. The van der Waals surface area contributed by atoms with Crippen molar-refractivity contribution in [2.75, 3.05) is 13.1 Å². The number of carbonyl (C=O) groups is 4. The predicted octanol–water partition coefficient (Wildman–Crippen LogP) is 5.27. The Morgan fingerprint density at radius 3 is 2.19 bits per heavy atom. The van der Waals surface area contributed by atoms with Crippen LogP contribution in [0.25, 0.3) is 10.9 Å². The molecular formula is C35H49ClN6O5. The minimum Gasteiger partial charge on any atom is -0.480 e. The number of hydrazine groups is 1. The first-order valence-corrected chi connectivity index (χ1v) is 16.8. The van der Waals surface area contributed by atoms with Gasteiger partial charge in [0, 0.05) is 48.1 Å². The van der Waals surface area contributed by atoms with Crippen LogP contribution in [0.1, 0.15) is 70.9 Å². The zero-order valence-corrected chi connectivity index (χ0v) is 28.6. The van der Waals surface area contributed by atoms with Crippen LogP contribution >= 0.6 is 11.6 Å². The van der Waals surface area contributed by atoms with Crippen molar-refractivity contribution in [2.45, 2.75) is 90.8 Å². The van der Waals surface area contributed by atoms with Crippen molar-refractivity contribution in [3.05, 3.63) is 70.9 Å². The fourth-order valence-corrected chi connectivity index (χ4v) is 5.55. The monoisotopic (exact) mass is 668 g/mol. The van der Waals surface area contributed by atoms with Gasteiger partial charge in [-0.05, 0) is 54.5 Å². The number of amides is 4. The first kappa shape index (κ1) is 37.5. The molecule has 0 saturated heterocycles. The molecule has 0 unspecified atom stereocenters. The van der Waals surface area contributed by atoms with E-state index < -0.39 is 41.9 Å². The summed E-state index contributed by atoms with van der Waals surface area (Å²) >= 11 is 6.07. The molecule has 1 aromatic heterocycles. The van der Waals surface area contributed by atoms with E-state index in [1.54, 1.807) is 35.5 Å². The zero-order valence-electron chi connectivity index (χ0n) is 27.8. The molecule has 3 aromatic rings. The minimum atomic E-state index is -1.59. The number of urea groups is 1. The van der Waals surface area contributed by atoms with Crippen LogP contribution in [0.3, 0.4) is 0 Å². The molecule has 6 N–H and O–H groups in total. The van der Waals surface area contributed by atoms with E-state index in [9.17, 15) is 24.3 Å². The topological polar surface area (TPSA) is 161 Å². The van der Waals surface area contributed by atoms with Crippen LogP contribution in [0.15, 0.2) is 54.7 Å². The third-order valence-electron chi connectivity index (χ3n) is 7.99. The van der Waals surface area contributed by atoms with Crippen molar-refractivity contribution < 1.29 is 24.3 Å². The second-order valence-corrected chi connectivity index (χ2v) is 12.8. The molecule has 0 aliphatic rings. The third-order valence-corrected chi connectivity index (χ3v) is 8.24. The summed E-state index contributed by atoms with van der Waals surface area (Å²) in [5, 5.41) is 16.3. The molecule has 3 atom stereocenters. The van der Waals surface area contributed by atoms with Crippen LogP contribution in [-0.4, -0.2) is 75.0 Å². The molecule has 0 saturated carbocycles. The van der Waals surface area contributed by atoms with E-state index >= 15 is 0 Å². The van der Waals surface area contributed by atoms with E-state index in [1.165, 1.54) is 0 Å². The van der Waals surface area contributed by atoms with Crippen LogP contribution in [0.4, 0.5) is 4.79 Å². The predicted molar refractivity (Wildman–Crippen MR) is 185 cm³/mol. The molecule has 2 aromatic carbocycles. The third kappa shape index (κ3) is 11.1. The lowest BCUT2D eigenvalue weighted by Crippen LogP contribution is -2.62. The van der Waals surface area contributed by atoms with Crippen molar-refractivity contribution in [3.8, 4) is 0 Å². The summed E-state index contributed by atoms with van der Waals surface area (Å²) in [4.78, 5) is 58.9. The van der Waals surface area contributed by atoms with Crippen LogP contribution < -0.4 is 16.5 Å². The number of carboxylic acid groups (broad SMARTS) is 1. The molecule has 12 heteroatoms. The Labute approximate surface area is 282 Å². The first-order valence-electron chi connectivity index (χ1n) is 16.4. The van der Waals surface area contributed by atoms with E-state index in [0.717, 1.165) is 41.5 Å². The average molecular weight is 669 g/mol. The molecule has 0 radical (unpaired) electrons. The highest BCUT2D eigenvalue weighted by atomic mass is 35.5. The molecule has 0 fully saturated rings. The van der Waals surface area contributed by atoms with E-state index in [0.29, 0.717) is 35.7 Å². The van der Waals surface area contributed by atoms with Gasteiger partial charge in [-0.2, -0.15) is 0 Å². The van der Waals surface area contributed by atoms with Gasteiger partial charge in [0.1, 0.15) is 12.1 Å². The van der Waals surface area contributed by atoms with E-state index in [-0.39, 0.29) is 18.8 Å². The fraction of sp³-hybridized carbons (Fsp3) is 0.486. The molecule has 0 aliphatic heterocycles. The first-order chi connectivity index (χ1) is 22.4. The summed E-state index contributed by atoms with van der Waals surface area (Å²) in [5.74, 6) is -2.67. The maximum atomic E-state index is 14.6. The number of aromatic amines is 1. The molecule has 0 spiro atoms. The Kier molecular flexibility index (Phi) is 14.7. The van der Waals surface area contributed by atoms with Crippen LogP contribution in [0.2, 0.25) is 5.02 Å². The number of halogens is 1. The maximum Gasteiger partial charge on any atom is 0.339 e. The quantitative estimate of drug-likeness (QED) is 0.115. The standard InChI is InChI=1S/C35H49ClN6O5/c1-5-7-17-41(18-8-6-2)40-35(47)42(31(34(45)46)20-24-13-15-26(36)16-14-24)33(44)30(39-32(43)28(37)19-23(3)4)21-25-22-38-29-12-10-9-11-27(25)29/h9-16,22-23,28,30-31,38H,5-8,17-21,37H2,1-4H3,(H,39,43)(H,40,47)(H,45,46)/t28-,30-,31-/m0/s1. The van der Waals surface area contributed by atoms with Gasteiger partial charge in [0.15, 0.2) is 0 Å². The summed E-state index contributed by atoms with van der Waals surface area (Å²) in [6, 6.07) is 9.40. The molecule has 0 bridgehead atoms. The lowest BCUT2D eigenvalue weighted by molar-refractivity contribution is -0.149. The number of H-pyrrole nitrogens is 1. The van der Waals surface area contributed by atoms with Gasteiger partial charge in [-0.25, -0.2) is 19.5 Å². The number of aromatic nitrogens is 1. The van der Waals surface area contributed by atoms with Gasteiger partial charge in [-0.3, -0.25) is 15.0 Å². The maximum absolute atomic E-state index is 14.6. The van der Waals surface area contributed by atoms with Gasteiger partial charge < -0.3 is 21.1 Å². The Hall–Kier alpha value is -3.93. The minimum absolute atomic E-state index is 0.00453. The summed E-state index contributed by atoms with van der Waals surface area (Å²) in [7, 11) is 0. The van der Waals surface area contributed by atoms with Crippen LogP contribution in [0, 0.1) is 5.92 Å². The highest BCUT2D eigenvalue weighted by Gasteiger charge is 2.40. The lowest BCUT2D eigenvalue weighted by Gasteiger charge is -2.33. The van der Waals surface area contributed by atoms with Crippen molar-refractivity contribution in [2.24, 2.45) is 11.7 Å². The normalized spacial score (nSPS) is 13.4. The van der Waals surface area contributed by atoms with Crippen LogP contribution in [-0.2, 0) is 27.2 Å². The Balaban J connectivity index is 2.08. The second kappa shape index (κ2) is 18.4. The van der Waals surface area contributed by atoms with Gasteiger partial charge in [0.25, 0.3) is 5.91 Å². The molecule has 4 amide bonds. The number of nitrogens with one attached hydrogen (secondary N) is 3. The largest absolute Gasteiger partial charge is 0.480 e. The van der Waals surface area contributed by atoms with E-state index in [4.69, 9.17) is 17.3 Å².